The van der Waals surface area contributed by atoms with Crippen LogP contribution in [0.1, 0.15) is 24.8 Å². The lowest BCUT2D eigenvalue weighted by atomic mass is 10.1. The maximum Gasteiger partial charge on any atom is 0.418 e. The van der Waals surface area contributed by atoms with Crippen LogP contribution in [0.25, 0.3) is 0 Å². The predicted octanol–water partition coefficient (Wildman–Crippen LogP) is 5.22. The van der Waals surface area contributed by atoms with E-state index in [1.54, 1.807) is 24.3 Å². The molecule has 1 fully saturated rings. The van der Waals surface area contributed by atoms with Gasteiger partial charge >= 0.3 is 6.18 Å². The number of nitrogens with zero attached hydrogens (tertiary/aromatic N) is 2. The van der Waals surface area contributed by atoms with Crippen molar-refractivity contribution in [2.24, 2.45) is 10.9 Å². The molecular formula is C21H17ClF3N3O2. The number of amides is 2. The van der Waals surface area contributed by atoms with Gasteiger partial charge in [-0.25, -0.2) is 0 Å². The van der Waals surface area contributed by atoms with Gasteiger partial charge in [0.2, 0.25) is 11.8 Å². The first-order chi connectivity index (χ1) is 14.2. The van der Waals surface area contributed by atoms with Gasteiger partial charge in [-0.2, -0.15) is 13.2 Å². The van der Waals surface area contributed by atoms with E-state index >= 15 is 0 Å². The van der Waals surface area contributed by atoms with Gasteiger partial charge in [0.15, 0.2) is 0 Å². The summed E-state index contributed by atoms with van der Waals surface area (Å²) < 4.78 is 39.9. The number of alkyl halides is 3. The molecule has 9 heteroatoms. The zero-order chi connectivity index (χ0) is 21.5. The van der Waals surface area contributed by atoms with Crippen molar-refractivity contribution < 1.29 is 22.8 Å². The Morgan fingerprint density at radius 1 is 1.23 bits per heavy atom. The van der Waals surface area contributed by atoms with Crippen LogP contribution in [0.15, 0.2) is 47.5 Å². The van der Waals surface area contributed by atoms with E-state index in [-0.39, 0.29) is 10.9 Å². The third-order valence-electron chi connectivity index (χ3n) is 5.19. The number of rotatable bonds is 3. The second-order valence-electron chi connectivity index (χ2n) is 7.20. The maximum absolute atomic E-state index is 13.3. The normalized spacial score (nSPS) is 18.4. The Morgan fingerprint density at radius 3 is 2.77 bits per heavy atom. The van der Waals surface area contributed by atoms with Crippen LogP contribution < -0.4 is 10.2 Å². The summed E-state index contributed by atoms with van der Waals surface area (Å²) in [6.45, 7) is -0.422. The number of nitrogens with one attached hydrogen (secondary N) is 1. The number of aliphatic imine (C=N–C) groups is 1. The molecule has 1 heterocycles. The van der Waals surface area contributed by atoms with E-state index in [0.717, 1.165) is 24.3 Å². The fourth-order valence-electron chi connectivity index (χ4n) is 3.83. The smallest absolute Gasteiger partial charge is 0.324 e. The van der Waals surface area contributed by atoms with Crippen LogP contribution in [0.3, 0.4) is 0 Å². The van der Waals surface area contributed by atoms with Crippen molar-refractivity contribution >= 4 is 46.2 Å². The van der Waals surface area contributed by atoms with Crippen LogP contribution in [0.2, 0.25) is 5.02 Å². The fourth-order valence-corrected chi connectivity index (χ4v) is 4.01. The molecule has 30 heavy (non-hydrogen) atoms. The predicted molar refractivity (Wildman–Crippen MR) is 108 cm³/mol. The van der Waals surface area contributed by atoms with Gasteiger partial charge in [-0.05, 0) is 49.6 Å². The van der Waals surface area contributed by atoms with Crippen LogP contribution in [0.4, 0.5) is 30.2 Å². The highest BCUT2D eigenvalue weighted by Crippen LogP contribution is 2.39. The van der Waals surface area contributed by atoms with Crippen molar-refractivity contribution in [1.82, 2.24) is 0 Å². The molecule has 0 saturated heterocycles. The standard InChI is InChI=1S/C21H17ClF3N3O2/c22-12-8-9-16(14(10-12)21(23,24)25)27-19(29)11-28-18-7-2-1-5-17(18)26-15-6-3-4-13(15)20(28)30/h1-2,5,7-10,13H,3-4,6,11H2,(H,27,29). The topological polar surface area (TPSA) is 61.8 Å². The van der Waals surface area contributed by atoms with Crippen molar-refractivity contribution in [3.05, 3.63) is 53.1 Å². The summed E-state index contributed by atoms with van der Waals surface area (Å²) in [6.07, 6.45) is -2.51. The SMILES string of the molecule is O=C(CN1C(=O)C2CCCC2=Nc2ccccc21)Nc1ccc(Cl)cc1C(F)(F)F. The molecule has 2 aromatic rings. The van der Waals surface area contributed by atoms with E-state index in [9.17, 15) is 22.8 Å². The quantitative estimate of drug-likeness (QED) is 0.718. The molecule has 0 aromatic heterocycles. The molecular weight excluding hydrogens is 419 g/mol. The Kier molecular flexibility index (Phi) is 5.27. The van der Waals surface area contributed by atoms with Gasteiger partial charge in [0.05, 0.1) is 28.5 Å². The van der Waals surface area contributed by atoms with Crippen molar-refractivity contribution in [1.29, 1.82) is 0 Å². The molecule has 1 aliphatic heterocycles. The second-order valence-corrected chi connectivity index (χ2v) is 7.63. The molecule has 2 aromatic carbocycles. The Balaban J connectivity index is 1.62. The summed E-state index contributed by atoms with van der Waals surface area (Å²) in [7, 11) is 0. The van der Waals surface area contributed by atoms with Crippen LogP contribution in [-0.2, 0) is 15.8 Å². The molecule has 1 N–H and O–H groups in total. The molecule has 1 aliphatic carbocycles. The largest absolute Gasteiger partial charge is 0.418 e. The Hall–Kier alpha value is -2.87. The monoisotopic (exact) mass is 435 g/mol. The molecule has 2 amide bonds. The van der Waals surface area contributed by atoms with Gasteiger partial charge < -0.3 is 10.2 Å². The lowest BCUT2D eigenvalue weighted by Gasteiger charge is -2.24. The van der Waals surface area contributed by atoms with Gasteiger partial charge in [0, 0.05) is 10.7 Å². The van der Waals surface area contributed by atoms with Crippen LogP contribution in [0.5, 0.6) is 0 Å². The lowest BCUT2D eigenvalue weighted by molar-refractivity contribution is -0.137. The summed E-state index contributed by atoms with van der Waals surface area (Å²) >= 11 is 5.68. The van der Waals surface area contributed by atoms with Crippen molar-refractivity contribution in [2.45, 2.75) is 25.4 Å². The number of carbonyl (C=O) groups excluding carboxylic acids is 2. The van der Waals surface area contributed by atoms with Gasteiger partial charge in [-0.3, -0.25) is 14.6 Å². The van der Waals surface area contributed by atoms with E-state index < -0.39 is 35.8 Å². The number of carbonyl (C=O) groups is 2. The fraction of sp³-hybridized carbons (Fsp3) is 0.286. The lowest BCUT2D eigenvalue weighted by Crippen LogP contribution is -2.42. The van der Waals surface area contributed by atoms with Crippen molar-refractivity contribution in [2.75, 3.05) is 16.8 Å². The van der Waals surface area contributed by atoms with Crippen LogP contribution >= 0.6 is 11.6 Å². The molecule has 2 aliphatic rings. The highest BCUT2D eigenvalue weighted by molar-refractivity contribution is 6.30. The number of hydrogen-bond acceptors (Lipinski definition) is 3. The van der Waals surface area contributed by atoms with E-state index in [4.69, 9.17) is 11.6 Å². The van der Waals surface area contributed by atoms with Gasteiger partial charge in [-0.1, -0.05) is 23.7 Å². The highest BCUT2D eigenvalue weighted by atomic mass is 35.5. The summed E-state index contributed by atoms with van der Waals surface area (Å²) in [4.78, 5) is 31.7. The van der Waals surface area contributed by atoms with E-state index in [1.165, 1.54) is 11.0 Å². The zero-order valence-corrected chi connectivity index (χ0v) is 16.4. The zero-order valence-electron chi connectivity index (χ0n) is 15.7. The summed E-state index contributed by atoms with van der Waals surface area (Å²) in [6, 6.07) is 10.0. The molecule has 0 spiro atoms. The Morgan fingerprint density at radius 2 is 2.00 bits per heavy atom. The minimum atomic E-state index is -4.69. The molecule has 0 bridgehead atoms. The van der Waals surface area contributed by atoms with Gasteiger partial charge in [0.25, 0.3) is 0 Å². The van der Waals surface area contributed by atoms with Crippen molar-refractivity contribution in [3.8, 4) is 0 Å². The highest BCUT2D eigenvalue weighted by Gasteiger charge is 2.38. The Bertz CT molecular complexity index is 1050. The first-order valence-corrected chi connectivity index (χ1v) is 9.76. The average molecular weight is 436 g/mol. The van der Waals surface area contributed by atoms with Crippen molar-refractivity contribution in [3.63, 3.8) is 0 Å². The number of halogens is 4. The van der Waals surface area contributed by atoms with Gasteiger partial charge in [0.1, 0.15) is 6.54 Å². The van der Waals surface area contributed by atoms with E-state index in [0.29, 0.717) is 24.2 Å². The minimum Gasteiger partial charge on any atom is -0.324 e. The summed E-state index contributed by atoms with van der Waals surface area (Å²) in [5, 5.41) is 2.18. The molecule has 1 unspecified atom stereocenters. The first-order valence-electron chi connectivity index (χ1n) is 9.38. The van der Waals surface area contributed by atoms with Crippen LogP contribution in [0, 0.1) is 5.92 Å². The Labute approximate surface area is 175 Å². The number of benzene rings is 2. The second kappa shape index (κ2) is 7.75. The molecule has 4 rings (SSSR count). The molecule has 1 saturated carbocycles. The number of para-hydroxylation sites is 2. The molecule has 156 valence electrons. The third-order valence-corrected chi connectivity index (χ3v) is 5.43. The van der Waals surface area contributed by atoms with Gasteiger partial charge in [-0.15, -0.1) is 0 Å². The third kappa shape index (κ3) is 3.92. The van der Waals surface area contributed by atoms with E-state index in [2.05, 4.69) is 10.3 Å². The average Bonchev–Trinajstić information content (AvgIpc) is 3.11. The number of anilines is 2. The molecule has 1 atom stereocenters. The summed E-state index contributed by atoms with van der Waals surface area (Å²) in [5.74, 6) is -1.42. The minimum absolute atomic E-state index is 0.0946. The number of hydrogen-bond donors (Lipinski definition) is 1. The van der Waals surface area contributed by atoms with E-state index in [1.807, 2.05) is 0 Å². The van der Waals surface area contributed by atoms with Crippen LogP contribution in [-0.4, -0.2) is 24.1 Å². The number of fused-ring (bicyclic) bond motifs is 2. The molecule has 0 radical (unpaired) electrons. The summed E-state index contributed by atoms with van der Waals surface area (Å²) in [5.41, 5.74) is 0.359. The first kappa shape index (κ1) is 20.4. The molecule has 5 nitrogen and oxygen atoms in total. The maximum atomic E-state index is 13.3.